The van der Waals surface area contributed by atoms with Crippen molar-refractivity contribution in [2.75, 3.05) is 19.8 Å². The van der Waals surface area contributed by atoms with E-state index in [1.807, 2.05) is 18.2 Å². The van der Waals surface area contributed by atoms with Crippen LogP contribution in [0.1, 0.15) is 25.8 Å². The van der Waals surface area contributed by atoms with E-state index in [4.69, 9.17) is 21.1 Å². The number of hydrogen-bond donors (Lipinski definition) is 1. The Morgan fingerprint density at radius 1 is 1.32 bits per heavy atom. The molecule has 1 heterocycles. The van der Waals surface area contributed by atoms with Crippen molar-refractivity contribution in [3.8, 4) is 11.5 Å². The average molecular weight is 282 g/mol. The van der Waals surface area contributed by atoms with Crippen LogP contribution in [0.15, 0.2) is 18.2 Å². The van der Waals surface area contributed by atoms with E-state index >= 15 is 0 Å². The summed E-state index contributed by atoms with van der Waals surface area (Å²) < 4.78 is 11.3. The lowest BCUT2D eigenvalue weighted by Crippen LogP contribution is -2.22. The zero-order valence-electron chi connectivity index (χ0n) is 11.4. The summed E-state index contributed by atoms with van der Waals surface area (Å²) in [5.41, 5.74) is 1.03. The van der Waals surface area contributed by atoms with Crippen LogP contribution in [-0.4, -0.2) is 25.8 Å². The van der Waals surface area contributed by atoms with E-state index < -0.39 is 0 Å². The average Bonchev–Trinajstić information content (AvgIpc) is 2.60. The van der Waals surface area contributed by atoms with Crippen LogP contribution in [0.25, 0.3) is 6.08 Å². The molecule has 0 fully saturated rings. The predicted molar refractivity (Wildman–Crippen MR) is 79.2 cm³/mol. The Balaban J connectivity index is 2.10. The molecule has 0 unspecified atom stereocenters. The summed E-state index contributed by atoms with van der Waals surface area (Å²) in [7, 11) is 0. The summed E-state index contributed by atoms with van der Waals surface area (Å²) in [4.78, 5) is 0. The van der Waals surface area contributed by atoms with E-state index in [1.165, 1.54) is 0 Å². The fourth-order valence-electron chi connectivity index (χ4n) is 1.85. The molecule has 104 valence electrons. The molecule has 0 saturated heterocycles. The van der Waals surface area contributed by atoms with Crippen LogP contribution in [0.3, 0.4) is 0 Å². The van der Waals surface area contributed by atoms with Crippen molar-refractivity contribution in [3.63, 3.8) is 0 Å². The molecule has 0 radical (unpaired) electrons. The molecule has 1 aliphatic rings. The Morgan fingerprint density at radius 2 is 2.11 bits per heavy atom. The maximum absolute atomic E-state index is 6.23. The van der Waals surface area contributed by atoms with Crippen molar-refractivity contribution in [2.24, 2.45) is 0 Å². The van der Waals surface area contributed by atoms with Gasteiger partial charge in [0.1, 0.15) is 0 Å². The second kappa shape index (κ2) is 6.83. The van der Waals surface area contributed by atoms with E-state index in [0.717, 1.165) is 24.3 Å². The molecule has 4 heteroatoms. The molecule has 19 heavy (non-hydrogen) atoms. The summed E-state index contributed by atoms with van der Waals surface area (Å²) in [5, 5.41) is 3.93. The zero-order valence-corrected chi connectivity index (χ0v) is 12.2. The summed E-state index contributed by atoms with van der Waals surface area (Å²) >= 11 is 6.23. The number of fused-ring (bicyclic) bond motifs is 1. The van der Waals surface area contributed by atoms with Crippen molar-refractivity contribution < 1.29 is 9.47 Å². The van der Waals surface area contributed by atoms with E-state index in [0.29, 0.717) is 30.0 Å². The van der Waals surface area contributed by atoms with Gasteiger partial charge in [0, 0.05) is 19.0 Å². The second-order valence-electron chi connectivity index (χ2n) is 4.85. The van der Waals surface area contributed by atoms with Crippen LogP contribution in [0.4, 0.5) is 0 Å². The van der Waals surface area contributed by atoms with E-state index in [1.54, 1.807) is 0 Å². The fraction of sp³-hybridized carbons (Fsp3) is 0.467. The Labute approximate surface area is 119 Å². The highest BCUT2D eigenvalue weighted by Crippen LogP contribution is 2.38. The molecule has 3 nitrogen and oxygen atoms in total. The lowest BCUT2D eigenvalue weighted by atomic mass is 10.2. The van der Waals surface area contributed by atoms with Gasteiger partial charge in [-0.1, -0.05) is 37.6 Å². The molecule has 2 rings (SSSR count). The number of hydrogen-bond acceptors (Lipinski definition) is 3. The Hall–Kier alpha value is -1.19. The minimum absolute atomic E-state index is 0.483. The molecule has 0 spiro atoms. The fourth-order valence-corrected chi connectivity index (χ4v) is 2.12. The normalized spacial score (nSPS) is 14.9. The predicted octanol–water partition coefficient (Wildman–Crippen LogP) is 3.51. The molecule has 1 aliphatic heterocycles. The monoisotopic (exact) mass is 281 g/mol. The maximum Gasteiger partial charge on any atom is 0.179 e. The summed E-state index contributed by atoms with van der Waals surface area (Å²) in [6, 6.07) is 4.36. The van der Waals surface area contributed by atoms with Crippen LogP contribution in [0.5, 0.6) is 11.5 Å². The van der Waals surface area contributed by atoms with Gasteiger partial charge in [-0.25, -0.2) is 0 Å². The lowest BCUT2D eigenvalue weighted by Gasteiger charge is -2.10. The molecular formula is C15H20ClNO2. The van der Waals surface area contributed by atoms with Crippen LogP contribution in [-0.2, 0) is 0 Å². The molecule has 0 aliphatic carbocycles. The third-order valence-corrected chi connectivity index (χ3v) is 3.06. The molecule has 0 bridgehead atoms. The third-order valence-electron chi connectivity index (χ3n) is 2.78. The van der Waals surface area contributed by atoms with Gasteiger partial charge >= 0.3 is 0 Å². The molecule has 0 atom stereocenters. The van der Waals surface area contributed by atoms with Gasteiger partial charge in [-0.3, -0.25) is 0 Å². The van der Waals surface area contributed by atoms with Gasteiger partial charge in [0.2, 0.25) is 0 Å². The first-order valence-electron chi connectivity index (χ1n) is 6.66. The van der Waals surface area contributed by atoms with Gasteiger partial charge in [0.15, 0.2) is 11.5 Å². The lowest BCUT2D eigenvalue weighted by molar-refractivity contribution is 0.297. The molecule has 1 N–H and O–H groups in total. The minimum Gasteiger partial charge on any atom is -0.489 e. The maximum atomic E-state index is 6.23. The number of nitrogens with one attached hydrogen (secondary N) is 1. The highest BCUT2D eigenvalue weighted by atomic mass is 35.5. The number of halogens is 1. The van der Waals surface area contributed by atoms with Crippen molar-refractivity contribution in [2.45, 2.75) is 26.3 Å². The van der Waals surface area contributed by atoms with Gasteiger partial charge < -0.3 is 14.8 Å². The van der Waals surface area contributed by atoms with Crippen LogP contribution in [0.2, 0.25) is 5.02 Å². The molecule has 1 aromatic carbocycles. The Kier molecular flexibility index (Phi) is 5.11. The largest absolute Gasteiger partial charge is 0.489 e. The van der Waals surface area contributed by atoms with E-state index in [-0.39, 0.29) is 0 Å². The van der Waals surface area contributed by atoms with Gasteiger partial charge in [-0.2, -0.15) is 0 Å². The minimum atomic E-state index is 0.483. The number of rotatable bonds is 4. The highest BCUT2D eigenvalue weighted by molar-refractivity contribution is 6.32. The SMILES string of the molecule is CC(C)NCC=Cc1cc(Cl)c2c(c1)OCCCO2. The quantitative estimate of drug-likeness (QED) is 0.916. The van der Waals surface area contributed by atoms with E-state index in [2.05, 4.69) is 25.2 Å². The third kappa shape index (κ3) is 4.15. The van der Waals surface area contributed by atoms with Gasteiger partial charge in [0.25, 0.3) is 0 Å². The van der Waals surface area contributed by atoms with Crippen molar-refractivity contribution in [3.05, 3.63) is 28.8 Å². The summed E-state index contributed by atoms with van der Waals surface area (Å²) in [6.45, 7) is 6.41. The smallest absolute Gasteiger partial charge is 0.179 e. The Morgan fingerprint density at radius 3 is 2.89 bits per heavy atom. The van der Waals surface area contributed by atoms with Crippen molar-refractivity contribution in [1.82, 2.24) is 5.32 Å². The second-order valence-corrected chi connectivity index (χ2v) is 5.25. The molecule has 0 aromatic heterocycles. The van der Waals surface area contributed by atoms with Gasteiger partial charge in [-0.05, 0) is 17.7 Å². The van der Waals surface area contributed by atoms with Gasteiger partial charge in [-0.15, -0.1) is 0 Å². The first kappa shape index (κ1) is 14.2. The Bertz CT molecular complexity index is 458. The highest BCUT2D eigenvalue weighted by Gasteiger charge is 2.14. The standard InChI is InChI=1S/C15H20ClNO2/c1-11(2)17-6-3-5-12-9-13(16)15-14(10-12)18-7-4-8-19-15/h3,5,9-11,17H,4,6-8H2,1-2H3. The van der Waals surface area contributed by atoms with Crippen molar-refractivity contribution >= 4 is 17.7 Å². The number of benzene rings is 1. The topological polar surface area (TPSA) is 30.5 Å². The molecule has 0 saturated carbocycles. The van der Waals surface area contributed by atoms with Gasteiger partial charge in [0.05, 0.1) is 18.2 Å². The first-order valence-corrected chi connectivity index (χ1v) is 7.03. The molecular weight excluding hydrogens is 262 g/mol. The van der Waals surface area contributed by atoms with Crippen LogP contribution in [0, 0.1) is 0 Å². The molecule has 0 amide bonds. The summed E-state index contributed by atoms with van der Waals surface area (Å²) in [5.74, 6) is 1.40. The zero-order chi connectivity index (χ0) is 13.7. The van der Waals surface area contributed by atoms with E-state index in [9.17, 15) is 0 Å². The van der Waals surface area contributed by atoms with Crippen molar-refractivity contribution in [1.29, 1.82) is 0 Å². The summed E-state index contributed by atoms with van der Waals surface area (Å²) in [6.07, 6.45) is 5.00. The number of ether oxygens (including phenoxy) is 2. The van der Waals surface area contributed by atoms with Crippen LogP contribution >= 0.6 is 11.6 Å². The molecule has 1 aromatic rings. The first-order chi connectivity index (χ1) is 9.16. The van der Waals surface area contributed by atoms with Crippen LogP contribution < -0.4 is 14.8 Å².